The molecule has 3 rings (SSSR count). The molecule has 0 unspecified atom stereocenters. The summed E-state index contributed by atoms with van der Waals surface area (Å²) < 4.78 is 40.2. The van der Waals surface area contributed by atoms with Gasteiger partial charge in [0.15, 0.2) is 0 Å². The normalized spacial score (nSPS) is 10.7. The van der Waals surface area contributed by atoms with Gasteiger partial charge in [-0.2, -0.15) is 12.6 Å². The Morgan fingerprint density at radius 3 is 2.11 bits per heavy atom. The summed E-state index contributed by atoms with van der Waals surface area (Å²) in [5.74, 6) is 0.435. The van der Waals surface area contributed by atoms with Crippen LogP contribution in [0.1, 0.15) is 5.56 Å². The Morgan fingerprint density at radius 2 is 1.44 bits per heavy atom. The van der Waals surface area contributed by atoms with Gasteiger partial charge in [-0.3, -0.25) is 0 Å². The fourth-order valence-corrected chi connectivity index (χ4v) is 3.43. The predicted octanol–water partition coefficient (Wildman–Crippen LogP) is 5.79. The van der Waals surface area contributed by atoms with E-state index in [-0.39, 0.29) is 11.1 Å². The zero-order chi connectivity index (χ0) is 19.4. The maximum absolute atomic E-state index is 14.7. The van der Waals surface area contributed by atoms with Gasteiger partial charge in [0.25, 0.3) is 0 Å². The molecule has 0 atom stereocenters. The average Bonchev–Trinajstić information content (AvgIpc) is 2.68. The number of rotatable bonds is 6. The van der Waals surface area contributed by atoms with E-state index in [1.54, 1.807) is 37.4 Å². The van der Waals surface area contributed by atoms with E-state index in [0.29, 0.717) is 34.8 Å². The molecule has 0 radical (unpaired) electrons. The maximum atomic E-state index is 14.7. The van der Waals surface area contributed by atoms with Crippen LogP contribution in [0.3, 0.4) is 0 Å². The van der Waals surface area contributed by atoms with Gasteiger partial charge in [-0.15, -0.1) is 0 Å². The zero-order valence-corrected chi connectivity index (χ0v) is 16.0. The highest BCUT2D eigenvalue weighted by Crippen LogP contribution is 2.39. The summed E-state index contributed by atoms with van der Waals surface area (Å²) in [6.45, 7) is 0. The molecule has 0 heterocycles. The molecule has 0 saturated heterocycles. The van der Waals surface area contributed by atoms with Crippen LogP contribution < -0.4 is 9.47 Å². The molecule has 0 saturated carbocycles. The lowest BCUT2D eigenvalue weighted by Crippen LogP contribution is -1.99. The Morgan fingerprint density at radius 1 is 0.778 bits per heavy atom. The monoisotopic (exact) mass is 386 g/mol. The molecule has 27 heavy (non-hydrogen) atoms. The molecule has 140 valence electrons. The van der Waals surface area contributed by atoms with Gasteiger partial charge >= 0.3 is 0 Å². The van der Waals surface area contributed by atoms with E-state index in [0.717, 1.165) is 11.6 Å². The molecule has 0 spiro atoms. The summed E-state index contributed by atoms with van der Waals surface area (Å²) >= 11 is 4.27. The highest BCUT2D eigenvalue weighted by atomic mass is 32.1. The van der Waals surface area contributed by atoms with Crippen molar-refractivity contribution >= 4 is 12.6 Å². The lowest BCUT2D eigenvalue weighted by atomic mass is 9.95. The lowest BCUT2D eigenvalue weighted by molar-refractivity contribution is 0.411. The number of aryl methyl sites for hydroxylation is 1. The molecule has 0 aliphatic heterocycles. The molecule has 0 bridgehead atoms. The Bertz CT molecular complexity index is 957. The van der Waals surface area contributed by atoms with Crippen LogP contribution in [0.4, 0.5) is 8.78 Å². The van der Waals surface area contributed by atoms with Crippen LogP contribution in [0, 0.1) is 11.6 Å². The van der Waals surface area contributed by atoms with Crippen LogP contribution in [0.15, 0.2) is 54.6 Å². The van der Waals surface area contributed by atoms with E-state index in [1.807, 2.05) is 12.1 Å². The predicted molar refractivity (Wildman–Crippen MR) is 108 cm³/mol. The maximum Gasteiger partial charge on any atom is 0.134 e. The fourth-order valence-electron chi connectivity index (χ4n) is 3.18. The van der Waals surface area contributed by atoms with Crippen molar-refractivity contribution in [3.05, 3.63) is 71.8 Å². The molecule has 2 nitrogen and oxygen atoms in total. The molecule has 0 aromatic heterocycles. The molecule has 5 heteroatoms. The Labute approximate surface area is 163 Å². The van der Waals surface area contributed by atoms with Crippen LogP contribution in [0.25, 0.3) is 22.3 Å². The van der Waals surface area contributed by atoms with E-state index in [2.05, 4.69) is 12.6 Å². The highest BCUT2D eigenvalue weighted by Gasteiger charge is 2.19. The third-order valence-corrected chi connectivity index (χ3v) is 4.65. The first kappa shape index (κ1) is 19.2. The van der Waals surface area contributed by atoms with Gasteiger partial charge in [0.1, 0.15) is 23.1 Å². The van der Waals surface area contributed by atoms with Gasteiger partial charge in [0.05, 0.1) is 14.2 Å². The quantitative estimate of drug-likeness (QED) is 0.541. The van der Waals surface area contributed by atoms with Crippen molar-refractivity contribution in [1.82, 2.24) is 0 Å². The molecular formula is C22H20F2O2S. The summed E-state index contributed by atoms with van der Waals surface area (Å²) in [6.07, 6.45) is 0.683. The van der Waals surface area contributed by atoms with Crippen molar-refractivity contribution in [2.24, 2.45) is 0 Å². The average molecular weight is 386 g/mol. The fraction of sp³-hybridized carbons (Fsp3) is 0.182. The van der Waals surface area contributed by atoms with Crippen molar-refractivity contribution in [1.29, 1.82) is 0 Å². The van der Waals surface area contributed by atoms with E-state index in [9.17, 15) is 8.78 Å². The smallest absolute Gasteiger partial charge is 0.134 e. The molecule has 0 amide bonds. The van der Waals surface area contributed by atoms with Crippen LogP contribution in [0.2, 0.25) is 0 Å². The van der Waals surface area contributed by atoms with Gasteiger partial charge in [0, 0.05) is 28.3 Å². The third kappa shape index (κ3) is 3.78. The molecular weight excluding hydrogens is 366 g/mol. The first-order valence-corrected chi connectivity index (χ1v) is 9.13. The topological polar surface area (TPSA) is 18.5 Å². The summed E-state index contributed by atoms with van der Waals surface area (Å²) in [4.78, 5) is 0. The molecule has 0 aliphatic carbocycles. The lowest BCUT2D eigenvalue weighted by Gasteiger charge is -2.16. The Hall–Kier alpha value is -2.53. The first-order valence-electron chi connectivity index (χ1n) is 8.50. The number of hydrogen-bond acceptors (Lipinski definition) is 3. The number of ether oxygens (including phenoxy) is 2. The summed E-state index contributed by atoms with van der Waals surface area (Å²) in [6, 6.07) is 15.0. The van der Waals surface area contributed by atoms with Gasteiger partial charge in [0.2, 0.25) is 0 Å². The summed E-state index contributed by atoms with van der Waals surface area (Å²) in [7, 11) is 3.06. The largest absolute Gasteiger partial charge is 0.496 e. The number of para-hydroxylation sites is 2. The highest BCUT2D eigenvalue weighted by molar-refractivity contribution is 7.80. The number of hydrogen-bond donors (Lipinski definition) is 1. The van der Waals surface area contributed by atoms with Crippen molar-refractivity contribution in [2.75, 3.05) is 20.0 Å². The zero-order valence-electron chi connectivity index (χ0n) is 15.1. The second-order valence-electron chi connectivity index (χ2n) is 5.98. The van der Waals surface area contributed by atoms with Crippen LogP contribution in [0.5, 0.6) is 11.5 Å². The Kier molecular flexibility index (Phi) is 6.01. The van der Waals surface area contributed by atoms with Crippen molar-refractivity contribution < 1.29 is 18.3 Å². The molecule has 3 aromatic rings. The number of halogens is 2. The van der Waals surface area contributed by atoms with Crippen molar-refractivity contribution in [3.63, 3.8) is 0 Å². The van der Waals surface area contributed by atoms with Crippen molar-refractivity contribution in [2.45, 2.75) is 6.42 Å². The number of thiol groups is 1. The molecule has 0 N–H and O–H groups in total. The van der Waals surface area contributed by atoms with E-state index >= 15 is 0 Å². The second-order valence-corrected chi connectivity index (χ2v) is 6.43. The van der Waals surface area contributed by atoms with Gasteiger partial charge < -0.3 is 9.47 Å². The summed E-state index contributed by atoms with van der Waals surface area (Å²) in [5, 5.41) is 0. The minimum atomic E-state index is -0.647. The van der Waals surface area contributed by atoms with E-state index in [1.165, 1.54) is 13.2 Å². The molecule has 3 aromatic carbocycles. The molecule has 0 aliphatic rings. The van der Waals surface area contributed by atoms with Gasteiger partial charge in [-0.05, 0) is 29.9 Å². The number of benzene rings is 3. The van der Waals surface area contributed by atoms with Crippen molar-refractivity contribution in [3.8, 4) is 33.8 Å². The first-order chi connectivity index (χ1) is 13.1. The van der Waals surface area contributed by atoms with E-state index in [4.69, 9.17) is 9.47 Å². The minimum Gasteiger partial charge on any atom is -0.496 e. The summed E-state index contributed by atoms with van der Waals surface area (Å²) in [5.41, 5.74) is 2.60. The van der Waals surface area contributed by atoms with E-state index < -0.39 is 11.6 Å². The Balaban J connectivity index is 2.23. The minimum absolute atomic E-state index is 0.269. The van der Waals surface area contributed by atoms with Crippen LogP contribution in [-0.4, -0.2) is 20.0 Å². The standard InChI is InChI=1S/C22H20F2O2S/c1-25-21-9-4-3-7-15(21)17-12-18(20(24)13-19(17)23)16-8-5-6-14(10-11-27)22(16)26-2/h3-9,12-13,27H,10-11H2,1-2H3. The van der Waals surface area contributed by atoms with Crippen LogP contribution >= 0.6 is 12.6 Å². The van der Waals surface area contributed by atoms with Crippen LogP contribution in [-0.2, 0) is 6.42 Å². The van der Waals surface area contributed by atoms with Gasteiger partial charge in [-0.1, -0.05) is 36.4 Å². The SMILES string of the molecule is COc1ccccc1-c1cc(-c2cccc(CCS)c2OC)c(F)cc1F. The molecule has 0 fully saturated rings. The third-order valence-electron chi connectivity index (χ3n) is 4.43. The van der Waals surface area contributed by atoms with Gasteiger partial charge in [-0.25, -0.2) is 8.78 Å². The second kappa shape index (κ2) is 8.44. The number of methoxy groups -OCH3 is 2.